The third kappa shape index (κ3) is 57.6. The van der Waals surface area contributed by atoms with Gasteiger partial charge in [-0.15, -0.1) is 0 Å². The predicted octanol–water partition coefficient (Wildman–Crippen LogP) is -3.68. The summed E-state index contributed by atoms with van der Waals surface area (Å²) in [5.41, 5.74) is 0. The van der Waals surface area contributed by atoms with Crippen molar-refractivity contribution in [1.82, 2.24) is 0 Å². The summed E-state index contributed by atoms with van der Waals surface area (Å²) in [6.07, 6.45) is 0. The van der Waals surface area contributed by atoms with Gasteiger partial charge in [0.05, 0.1) is 0 Å². The predicted molar refractivity (Wildman–Crippen MR) is 20.2 cm³/mol. The van der Waals surface area contributed by atoms with Crippen molar-refractivity contribution in [2.45, 2.75) is 0 Å². The number of rotatable bonds is 0. The van der Waals surface area contributed by atoms with Gasteiger partial charge in [0.1, 0.15) is 0 Å². The molecule has 0 aromatic carbocycles. The molecular formula is H8BiO4V. The van der Waals surface area contributed by atoms with E-state index in [1.54, 1.807) is 0 Å². The number of hydrogen-bond acceptors (Lipinski definition) is 0. The molecular weight excluding hydrogens is 324 g/mol. The van der Waals surface area contributed by atoms with Gasteiger partial charge < -0.3 is 21.9 Å². The molecule has 42 valence electrons. The molecule has 0 aliphatic rings. The van der Waals surface area contributed by atoms with Crippen LogP contribution in [0.15, 0.2) is 0 Å². The minimum Gasteiger partial charge on any atom is -0.412 e. The van der Waals surface area contributed by atoms with E-state index in [2.05, 4.69) is 0 Å². The van der Waals surface area contributed by atoms with Crippen LogP contribution >= 0.6 is 0 Å². The van der Waals surface area contributed by atoms with Crippen LogP contribution in [-0.4, -0.2) is 48.1 Å². The average molecular weight is 332 g/mol. The van der Waals surface area contributed by atoms with Gasteiger partial charge in [0, 0.05) is 44.8 Å². The molecule has 0 saturated heterocycles. The zero-order valence-electron chi connectivity index (χ0n) is 2.89. The maximum Gasteiger partial charge on any atom is 0 e. The first kappa shape index (κ1) is 170. The zero-order chi connectivity index (χ0) is 0. The Morgan fingerprint density at radius 2 is 0.500 bits per heavy atom. The smallest absolute Gasteiger partial charge is 0 e. The van der Waals surface area contributed by atoms with Crippen molar-refractivity contribution in [2.75, 3.05) is 0 Å². The SMILES string of the molecule is O.O.O.O.[Bi].[V]. The quantitative estimate of drug-likeness (QED) is 0.405. The van der Waals surface area contributed by atoms with Crippen LogP contribution in [0.2, 0.25) is 0 Å². The van der Waals surface area contributed by atoms with Crippen LogP contribution in [-0.2, 0) is 18.6 Å². The van der Waals surface area contributed by atoms with Crippen LogP contribution in [0.4, 0.5) is 0 Å². The molecule has 4 radical (unpaired) electrons. The minimum absolute atomic E-state index is 0. The Morgan fingerprint density at radius 3 is 0.500 bits per heavy atom. The van der Waals surface area contributed by atoms with Crippen LogP contribution in [0.5, 0.6) is 0 Å². The molecule has 0 rings (SSSR count). The molecule has 0 aliphatic carbocycles. The zero-order valence-corrected chi connectivity index (χ0v) is 7.77. The van der Waals surface area contributed by atoms with Gasteiger partial charge in [-0.1, -0.05) is 0 Å². The first-order chi connectivity index (χ1) is 0. The Hall–Kier alpha value is 1.31. The van der Waals surface area contributed by atoms with Gasteiger partial charge in [0.25, 0.3) is 0 Å². The molecule has 0 aromatic rings. The fraction of sp³-hybridized carbons (Fsp3) is 0. The summed E-state index contributed by atoms with van der Waals surface area (Å²) in [5, 5.41) is 0. The summed E-state index contributed by atoms with van der Waals surface area (Å²) < 4.78 is 0. The van der Waals surface area contributed by atoms with E-state index < -0.39 is 0 Å². The second-order valence-electron chi connectivity index (χ2n) is 0. The summed E-state index contributed by atoms with van der Waals surface area (Å²) in [6.45, 7) is 0. The van der Waals surface area contributed by atoms with Gasteiger partial charge in [-0.25, -0.2) is 0 Å². The van der Waals surface area contributed by atoms with Crippen molar-refractivity contribution in [1.29, 1.82) is 0 Å². The Labute approximate surface area is 66.5 Å². The monoisotopic (exact) mass is 332 g/mol. The second kappa shape index (κ2) is 104. The third-order valence-electron chi connectivity index (χ3n) is 0. The summed E-state index contributed by atoms with van der Waals surface area (Å²) in [4.78, 5) is 0. The molecule has 0 heterocycles. The van der Waals surface area contributed by atoms with E-state index in [1.807, 2.05) is 0 Å². The molecule has 0 saturated carbocycles. The Kier molecular flexibility index (Phi) is 2950. The molecule has 8 N–H and O–H groups in total. The second-order valence-corrected chi connectivity index (χ2v) is 0. The Bertz CT molecular complexity index is 7.51. The molecule has 0 aliphatic heterocycles. The minimum atomic E-state index is 0. The molecule has 0 unspecified atom stereocenters. The molecule has 6 heavy (non-hydrogen) atoms. The number of hydrogen-bond donors (Lipinski definition) is 0. The molecule has 4 nitrogen and oxygen atoms in total. The van der Waals surface area contributed by atoms with E-state index in [1.165, 1.54) is 0 Å². The topological polar surface area (TPSA) is 126 Å². The molecule has 0 fully saturated rings. The summed E-state index contributed by atoms with van der Waals surface area (Å²) in [6, 6.07) is 0. The van der Waals surface area contributed by atoms with Gasteiger partial charge in [-0.2, -0.15) is 0 Å². The Balaban J connectivity index is 0. The fourth-order valence-corrected chi connectivity index (χ4v) is 0. The van der Waals surface area contributed by atoms with E-state index >= 15 is 0 Å². The van der Waals surface area contributed by atoms with Gasteiger partial charge in [-0.05, 0) is 0 Å². The van der Waals surface area contributed by atoms with Crippen LogP contribution in [0.1, 0.15) is 0 Å². The molecule has 0 bridgehead atoms. The van der Waals surface area contributed by atoms with Gasteiger partial charge in [-0.3, -0.25) is 0 Å². The first-order valence-corrected chi connectivity index (χ1v) is 0. The van der Waals surface area contributed by atoms with Gasteiger partial charge in [0.2, 0.25) is 0 Å². The maximum absolute atomic E-state index is 0. The summed E-state index contributed by atoms with van der Waals surface area (Å²) in [5.74, 6) is 0. The molecule has 0 aromatic heterocycles. The van der Waals surface area contributed by atoms with Crippen molar-refractivity contribution in [3.05, 3.63) is 0 Å². The molecule has 0 atom stereocenters. The van der Waals surface area contributed by atoms with Crippen LogP contribution in [0.3, 0.4) is 0 Å². The average Bonchev–Trinajstić information content (AvgIpc) is 0. The van der Waals surface area contributed by atoms with Crippen molar-refractivity contribution >= 4 is 26.2 Å². The van der Waals surface area contributed by atoms with E-state index in [0.29, 0.717) is 0 Å². The van der Waals surface area contributed by atoms with E-state index in [0.717, 1.165) is 0 Å². The standard InChI is InChI=1S/Bi.4H2O.V/h;4*1H2;. The fourth-order valence-electron chi connectivity index (χ4n) is 0. The molecule has 0 spiro atoms. The van der Waals surface area contributed by atoms with E-state index in [9.17, 15) is 0 Å². The van der Waals surface area contributed by atoms with Crippen LogP contribution in [0, 0.1) is 0 Å². The molecule has 6 heteroatoms. The van der Waals surface area contributed by atoms with Crippen molar-refractivity contribution in [2.24, 2.45) is 0 Å². The van der Waals surface area contributed by atoms with Crippen molar-refractivity contribution in [3.8, 4) is 0 Å². The summed E-state index contributed by atoms with van der Waals surface area (Å²) >= 11 is 0. The third-order valence-corrected chi connectivity index (χ3v) is 0. The normalized spacial score (nSPS) is 0. The van der Waals surface area contributed by atoms with Crippen molar-refractivity contribution < 1.29 is 40.5 Å². The van der Waals surface area contributed by atoms with Crippen LogP contribution < -0.4 is 0 Å². The Morgan fingerprint density at radius 1 is 0.500 bits per heavy atom. The van der Waals surface area contributed by atoms with E-state index in [4.69, 9.17) is 0 Å². The van der Waals surface area contributed by atoms with Gasteiger partial charge >= 0.3 is 0 Å². The molecule has 0 amide bonds. The van der Waals surface area contributed by atoms with Crippen LogP contribution in [0.25, 0.3) is 0 Å². The first-order valence-electron chi connectivity index (χ1n) is 0. The largest absolute Gasteiger partial charge is 0.412 e. The summed E-state index contributed by atoms with van der Waals surface area (Å²) in [7, 11) is 0. The van der Waals surface area contributed by atoms with E-state index in [-0.39, 0.29) is 66.7 Å². The van der Waals surface area contributed by atoms with Crippen molar-refractivity contribution in [3.63, 3.8) is 0 Å². The van der Waals surface area contributed by atoms with Gasteiger partial charge in [0.15, 0.2) is 0 Å². The maximum atomic E-state index is 0.